The van der Waals surface area contributed by atoms with Crippen molar-refractivity contribution < 1.29 is 9.90 Å². The number of aromatic carboxylic acids is 1. The maximum absolute atomic E-state index is 10.7. The van der Waals surface area contributed by atoms with E-state index in [1.54, 1.807) is 12.3 Å². The van der Waals surface area contributed by atoms with E-state index in [0.29, 0.717) is 0 Å². The Kier molecular flexibility index (Phi) is 4.67. The Bertz CT molecular complexity index is 399. The van der Waals surface area contributed by atoms with Gasteiger partial charge in [0.2, 0.25) is 0 Å². The monoisotopic (exact) mass is 251 g/mol. The minimum Gasteiger partial charge on any atom is -0.477 e. The molecule has 0 aliphatic rings. The van der Waals surface area contributed by atoms with Crippen molar-refractivity contribution in [3.63, 3.8) is 0 Å². The van der Waals surface area contributed by atoms with Gasteiger partial charge in [-0.05, 0) is 31.6 Å². The van der Waals surface area contributed by atoms with E-state index < -0.39 is 5.97 Å². The lowest BCUT2D eigenvalue weighted by Crippen LogP contribution is -2.34. The first-order valence-corrected chi connectivity index (χ1v) is 5.88. The molecule has 0 unspecified atom stereocenters. The van der Waals surface area contributed by atoms with Crippen LogP contribution >= 0.6 is 0 Å². The second kappa shape index (κ2) is 5.82. The highest BCUT2D eigenvalue weighted by Crippen LogP contribution is 2.17. The number of aromatic nitrogens is 1. The Morgan fingerprint density at radius 1 is 1.44 bits per heavy atom. The van der Waals surface area contributed by atoms with Gasteiger partial charge in [0, 0.05) is 13.1 Å². The van der Waals surface area contributed by atoms with Gasteiger partial charge in [-0.25, -0.2) is 9.78 Å². The molecule has 0 amide bonds. The van der Waals surface area contributed by atoms with Crippen LogP contribution in [-0.2, 0) is 0 Å². The third-order valence-electron chi connectivity index (χ3n) is 2.50. The minimum atomic E-state index is -1.01. The maximum Gasteiger partial charge on any atom is 0.354 e. The average Bonchev–Trinajstić information content (AvgIpc) is 2.25. The van der Waals surface area contributed by atoms with Crippen molar-refractivity contribution in [3.05, 3.63) is 24.0 Å². The van der Waals surface area contributed by atoms with Crippen molar-refractivity contribution in [2.75, 3.05) is 32.5 Å². The minimum absolute atomic E-state index is 0.0631. The topological polar surface area (TPSA) is 65.5 Å². The summed E-state index contributed by atoms with van der Waals surface area (Å²) in [5.41, 5.74) is 1.04. The zero-order chi connectivity index (χ0) is 13.8. The number of carboxylic acids is 1. The molecule has 5 heteroatoms. The highest BCUT2D eigenvalue weighted by molar-refractivity contribution is 5.85. The lowest BCUT2D eigenvalue weighted by molar-refractivity contribution is 0.0690. The molecule has 1 aromatic rings. The van der Waals surface area contributed by atoms with Crippen LogP contribution in [0.1, 0.15) is 24.3 Å². The molecule has 1 heterocycles. The third kappa shape index (κ3) is 4.71. The van der Waals surface area contributed by atoms with Gasteiger partial charge in [0.1, 0.15) is 5.69 Å². The summed E-state index contributed by atoms with van der Waals surface area (Å²) in [4.78, 5) is 16.7. The highest BCUT2D eigenvalue weighted by Gasteiger charge is 2.18. The number of anilines is 1. The summed E-state index contributed by atoms with van der Waals surface area (Å²) in [6.07, 6.45) is 1.55. The fourth-order valence-corrected chi connectivity index (χ4v) is 1.88. The zero-order valence-corrected chi connectivity index (χ0v) is 11.4. The lowest BCUT2D eigenvalue weighted by atomic mass is 9.93. The fraction of sp³-hybridized carbons (Fsp3) is 0.538. The number of nitrogens with one attached hydrogen (secondary N) is 1. The van der Waals surface area contributed by atoms with E-state index in [1.165, 1.54) is 6.07 Å². The van der Waals surface area contributed by atoms with Gasteiger partial charge in [0.15, 0.2) is 0 Å². The first-order chi connectivity index (χ1) is 8.30. The van der Waals surface area contributed by atoms with Gasteiger partial charge in [0.25, 0.3) is 0 Å². The van der Waals surface area contributed by atoms with Crippen molar-refractivity contribution in [1.82, 2.24) is 9.88 Å². The number of rotatable bonds is 6. The van der Waals surface area contributed by atoms with Crippen LogP contribution in [0.2, 0.25) is 0 Å². The number of hydrogen-bond donors (Lipinski definition) is 2. The van der Waals surface area contributed by atoms with Crippen LogP contribution in [0.15, 0.2) is 18.3 Å². The summed E-state index contributed by atoms with van der Waals surface area (Å²) in [5, 5.41) is 12.0. The molecule has 5 nitrogen and oxygen atoms in total. The highest BCUT2D eigenvalue weighted by atomic mass is 16.4. The molecule has 0 atom stereocenters. The molecule has 0 bridgehead atoms. The smallest absolute Gasteiger partial charge is 0.354 e. The second-order valence-electron chi connectivity index (χ2n) is 5.49. The van der Waals surface area contributed by atoms with Gasteiger partial charge in [-0.3, -0.25) is 0 Å². The van der Waals surface area contributed by atoms with Crippen LogP contribution < -0.4 is 5.32 Å². The molecule has 0 aliphatic heterocycles. The van der Waals surface area contributed by atoms with Gasteiger partial charge in [-0.15, -0.1) is 0 Å². The average molecular weight is 251 g/mol. The quantitative estimate of drug-likeness (QED) is 0.806. The number of carbonyl (C=O) groups is 1. The molecular weight excluding hydrogens is 230 g/mol. The lowest BCUT2D eigenvalue weighted by Gasteiger charge is -2.28. The Hall–Kier alpha value is -1.62. The van der Waals surface area contributed by atoms with Gasteiger partial charge in [-0.2, -0.15) is 0 Å². The summed E-state index contributed by atoms with van der Waals surface area (Å²) < 4.78 is 0. The van der Waals surface area contributed by atoms with Crippen molar-refractivity contribution in [1.29, 1.82) is 0 Å². The SMILES string of the molecule is CN(C)CC(C)(C)CNc1ccc(C(=O)O)nc1. The molecule has 2 N–H and O–H groups in total. The van der Waals surface area contributed by atoms with Crippen LogP contribution in [-0.4, -0.2) is 48.1 Å². The first-order valence-electron chi connectivity index (χ1n) is 5.88. The van der Waals surface area contributed by atoms with Crippen molar-refractivity contribution in [2.45, 2.75) is 13.8 Å². The molecule has 0 aliphatic carbocycles. The predicted octanol–water partition coefficient (Wildman–Crippen LogP) is 1.78. The van der Waals surface area contributed by atoms with Gasteiger partial charge >= 0.3 is 5.97 Å². The number of carboxylic acid groups (broad SMARTS) is 1. The van der Waals surface area contributed by atoms with Crippen molar-refractivity contribution >= 4 is 11.7 Å². The summed E-state index contributed by atoms with van der Waals surface area (Å²) in [7, 11) is 4.09. The van der Waals surface area contributed by atoms with Crippen molar-refractivity contribution in [2.24, 2.45) is 5.41 Å². The molecule has 18 heavy (non-hydrogen) atoms. The molecule has 0 fully saturated rings. The summed E-state index contributed by atoms with van der Waals surface area (Å²) >= 11 is 0. The summed E-state index contributed by atoms with van der Waals surface area (Å²) in [6, 6.07) is 3.24. The molecule has 100 valence electrons. The van der Waals surface area contributed by atoms with E-state index in [-0.39, 0.29) is 11.1 Å². The van der Waals surface area contributed by atoms with Crippen LogP contribution in [0, 0.1) is 5.41 Å². The standard InChI is InChI=1S/C13H21N3O2/c1-13(2,9-16(3)4)8-15-10-5-6-11(12(17)18)14-7-10/h5-7,15H,8-9H2,1-4H3,(H,17,18). The molecule has 1 aromatic heterocycles. The number of hydrogen-bond acceptors (Lipinski definition) is 4. The first kappa shape index (κ1) is 14.4. The molecule has 1 rings (SSSR count). The van der Waals surface area contributed by atoms with Crippen LogP contribution in [0.25, 0.3) is 0 Å². The van der Waals surface area contributed by atoms with E-state index in [0.717, 1.165) is 18.8 Å². The number of pyridine rings is 1. The Morgan fingerprint density at radius 2 is 2.11 bits per heavy atom. The third-order valence-corrected chi connectivity index (χ3v) is 2.50. The zero-order valence-electron chi connectivity index (χ0n) is 11.4. The molecule has 0 spiro atoms. The number of nitrogens with zero attached hydrogens (tertiary/aromatic N) is 2. The molecule has 0 radical (unpaired) electrons. The summed E-state index contributed by atoms with van der Waals surface area (Å²) in [5.74, 6) is -1.01. The Morgan fingerprint density at radius 3 is 2.56 bits per heavy atom. The predicted molar refractivity (Wildman–Crippen MR) is 72.0 cm³/mol. The second-order valence-corrected chi connectivity index (χ2v) is 5.49. The van der Waals surface area contributed by atoms with Crippen molar-refractivity contribution in [3.8, 4) is 0 Å². The van der Waals surface area contributed by atoms with E-state index in [2.05, 4.69) is 29.0 Å². The Labute approximate surface area is 108 Å². The molecular formula is C13H21N3O2. The van der Waals surface area contributed by atoms with E-state index in [1.807, 2.05) is 14.1 Å². The van der Waals surface area contributed by atoms with Crippen LogP contribution in [0.3, 0.4) is 0 Å². The maximum atomic E-state index is 10.7. The van der Waals surface area contributed by atoms with E-state index in [9.17, 15) is 4.79 Å². The van der Waals surface area contributed by atoms with E-state index >= 15 is 0 Å². The van der Waals surface area contributed by atoms with Gasteiger partial charge < -0.3 is 15.3 Å². The summed E-state index contributed by atoms with van der Waals surface area (Å²) in [6.45, 7) is 6.14. The molecule has 0 saturated carbocycles. The van der Waals surface area contributed by atoms with Crippen LogP contribution in [0.4, 0.5) is 5.69 Å². The van der Waals surface area contributed by atoms with Gasteiger partial charge in [-0.1, -0.05) is 13.8 Å². The fourth-order valence-electron chi connectivity index (χ4n) is 1.88. The largest absolute Gasteiger partial charge is 0.477 e. The van der Waals surface area contributed by atoms with Gasteiger partial charge in [0.05, 0.1) is 11.9 Å². The Balaban J connectivity index is 2.55. The van der Waals surface area contributed by atoms with Crippen LogP contribution in [0.5, 0.6) is 0 Å². The normalized spacial score (nSPS) is 11.6. The van der Waals surface area contributed by atoms with E-state index in [4.69, 9.17) is 5.11 Å². The molecule has 0 aromatic carbocycles. The molecule has 0 saturated heterocycles.